The maximum atomic E-state index is 13.1. The van der Waals surface area contributed by atoms with Gasteiger partial charge in [-0.1, -0.05) is 12.1 Å². The van der Waals surface area contributed by atoms with E-state index in [-0.39, 0.29) is 5.82 Å². The number of aryl methyl sites for hydroxylation is 1. The van der Waals surface area contributed by atoms with Crippen molar-refractivity contribution in [2.45, 2.75) is 25.7 Å². The molecule has 2 N–H and O–H groups in total. The summed E-state index contributed by atoms with van der Waals surface area (Å²) in [5.74, 6) is 1.19. The molecular weight excluding hydrogens is 321 g/mol. The fraction of sp³-hybridized carbons (Fsp3) is 0.632. The third kappa shape index (κ3) is 8.31. The minimum absolute atomic E-state index is 0.175. The van der Waals surface area contributed by atoms with E-state index >= 15 is 0 Å². The third-order valence-electron chi connectivity index (χ3n) is 4.18. The minimum Gasteiger partial charge on any atom is -0.381 e. The molecule has 5 nitrogen and oxygen atoms in total. The molecule has 1 aromatic rings. The lowest BCUT2D eigenvalue weighted by Crippen LogP contribution is -2.38. The third-order valence-corrected chi connectivity index (χ3v) is 4.18. The summed E-state index contributed by atoms with van der Waals surface area (Å²) in [7, 11) is 1.76. The second-order valence-corrected chi connectivity index (χ2v) is 6.32. The molecule has 1 fully saturated rings. The molecule has 0 spiro atoms. The summed E-state index contributed by atoms with van der Waals surface area (Å²) in [6.45, 7) is 4.88. The molecule has 0 amide bonds. The number of nitrogens with zero attached hydrogens (tertiary/aromatic N) is 1. The quantitative estimate of drug-likeness (QED) is 0.386. The largest absolute Gasteiger partial charge is 0.381 e. The maximum absolute atomic E-state index is 13.1. The van der Waals surface area contributed by atoms with Gasteiger partial charge in [-0.05, 0) is 43.4 Å². The number of ether oxygens (including phenoxy) is 2. The number of hydrogen-bond donors (Lipinski definition) is 2. The Kier molecular flexibility index (Phi) is 9.29. The van der Waals surface area contributed by atoms with Gasteiger partial charge in [0.1, 0.15) is 5.82 Å². The van der Waals surface area contributed by atoms with Crippen molar-refractivity contribution in [2.75, 3.05) is 46.6 Å². The predicted molar refractivity (Wildman–Crippen MR) is 98.4 cm³/mol. The molecule has 0 aliphatic carbocycles. The number of aliphatic imine (C=N–C) groups is 1. The zero-order valence-electron chi connectivity index (χ0n) is 15.1. The predicted octanol–water partition coefficient (Wildman–Crippen LogP) is 2.37. The van der Waals surface area contributed by atoms with Crippen molar-refractivity contribution in [3.05, 3.63) is 35.6 Å². The number of rotatable bonds is 10. The summed E-state index contributed by atoms with van der Waals surface area (Å²) in [6.07, 6.45) is 3.83. The first kappa shape index (κ1) is 19.7. The topological polar surface area (TPSA) is 54.9 Å². The number of guanidine groups is 1. The Morgan fingerprint density at radius 3 is 2.88 bits per heavy atom. The van der Waals surface area contributed by atoms with Gasteiger partial charge >= 0.3 is 0 Å². The zero-order chi connectivity index (χ0) is 17.7. The van der Waals surface area contributed by atoms with Crippen molar-refractivity contribution in [3.63, 3.8) is 0 Å². The van der Waals surface area contributed by atoms with Gasteiger partial charge in [0.2, 0.25) is 0 Å². The van der Waals surface area contributed by atoms with Crippen molar-refractivity contribution in [2.24, 2.45) is 10.9 Å². The van der Waals surface area contributed by atoms with Crippen molar-refractivity contribution in [1.82, 2.24) is 10.6 Å². The van der Waals surface area contributed by atoms with Crippen LogP contribution in [-0.4, -0.2) is 52.5 Å². The van der Waals surface area contributed by atoms with E-state index in [1.165, 1.54) is 6.07 Å². The van der Waals surface area contributed by atoms with Crippen LogP contribution in [0.4, 0.5) is 4.39 Å². The van der Waals surface area contributed by atoms with Crippen molar-refractivity contribution >= 4 is 5.96 Å². The Hall–Kier alpha value is -1.66. The first-order chi connectivity index (χ1) is 12.3. The van der Waals surface area contributed by atoms with E-state index < -0.39 is 0 Å². The summed E-state index contributed by atoms with van der Waals surface area (Å²) >= 11 is 0. The standard InChI is InChI=1S/C19H30FN3O2/c1-21-19(22-9-3-6-16-5-2-7-18(20)13-16)23-10-4-11-24-14-17-8-12-25-15-17/h2,5,7,13,17H,3-4,6,8-12,14-15H2,1H3,(H2,21,22,23). The Balaban J connectivity index is 1.47. The Bertz CT molecular complexity index is 519. The molecule has 0 bridgehead atoms. The molecule has 140 valence electrons. The molecule has 1 aliphatic rings. The smallest absolute Gasteiger partial charge is 0.190 e. The van der Waals surface area contributed by atoms with Gasteiger partial charge in [-0.3, -0.25) is 4.99 Å². The highest BCUT2D eigenvalue weighted by Crippen LogP contribution is 2.12. The van der Waals surface area contributed by atoms with Crippen LogP contribution in [0, 0.1) is 11.7 Å². The first-order valence-corrected chi connectivity index (χ1v) is 9.12. The molecule has 6 heteroatoms. The van der Waals surface area contributed by atoms with Crippen molar-refractivity contribution in [3.8, 4) is 0 Å². The SMILES string of the molecule is CN=C(NCCCOCC1CCOC1)NCCCc1cccc(F)c1. The normalized spacial score (nSPS) is 17.7. The summed E-state index contributed by atoms with van der Waals surface area (Å²) in [4.78, 5) is 4.20. The van der Waals surface area contributed by atoms with Gasteiger partial charge < -0.3 is 20.1 Å². The van der Waals surface area contributed by atoms with Crippen LogP contribution in [0.3, 0.4) is 0 Å². The summed E-state index contributed by atoms with van der Waals surface area (Å²) < 4.78 is 24.1. The minimum atomic E-state index is -0.175. The number of nitrogens with one attached hydrogen (secondary N) is 2. The van der Waals surface area contributed by atoms with Gasteiger partial charge in [0.25, 0.3) is 0 Å². The summed E-state index contributed by atoms with van der Waals surface area (Å²) in [5, 5.41) is 6.56. The average molecular weight is 351 g/mol. The Morgan fingerprint density at radius 1 is 1.32 bits per heavy atom. The van der Waals surface area contributed by atoms with Gasteiger partial charge in [0.15, 0.2) is 5.96 Å². The average Bonchev–Trinajstić information content (AvgIpc) is 3.13. The van der Waals surface area contributed by atoms with Gasteiger partial charge in [-0.2, -0.15) is 0 Å². The van der Waals surface area contributed by atoms with E-state index in [1.54, 1.807) is 19.2 Å². The highest BCUT2D eigenvalue weighted by Gasteiger charge is 2.15. The lowest BCUT2D eigenvalue weighted by atomic mass is 10.1. The number of benzene rings is 1. The van der Waals surface area contributed by atoms with E-state index in [0.29, 0.717) is 5.92 Å². The molecule has 1 heterocycles. The van der Waals surface area contributed by atoms with E-state index in [9.17, 15) is 4.39 Å². The Morgan fingerprint density at radius 2 is 2.16 bits per heavy atom. The van der Waals surface area contributed by atoms with E-state index in [4.69, 9.17) is 9.47 Å². The molecule has 1 unspecified atom stereocenters. The molecule has 0 radical (unpaired) electrons. The molecule has 2 rings (SSSR count). The fourth-order valence-corrected chi connectivity index (χ4v) is 2.76. The number of hydrogen-bond acceptors (Lipinski definition) is 3. The van der Waals surface area contributed by atoms with Gasteiger partial charge in [-0.25, -0.2) is 4.39 Å². The molecule has 1 aromatic carbocycles. The lowest BCUT2D eigenvalue weighted by molar-refractivity contribution is 0.0888. The highest BCUT2D eigenvalue weighted by atomic mass is 19.1. The van der Waals surface area contributed by atoms with Crippen molar-refractivity contribution < 1.29 is 13.9 Å². The Labute approximate surface area is 150 Å². The maximum Gasteiger partial charge on any atom is 0.190 e. The molecule has 1 saturated heterocycles. The second kappa shape index (κ2) is 11.8. The molecule has 0 aromatic heterocycles. The fourth-order valence-electron chi connectivity index (χ4n) is 2.76. The van der Waals surface area contributed by atoms with Crippen LogP contribution in [-0.2, 0) is 15.9 Å². The van der Waals surface area contributed by atoms with Crippen LogP contribution in [0.15, 0.2) is 29.3 Å². The monoisotopic (exact) mass is 351 g/mol. The lowest BCUT2D eigenvalue weighted by Gasteiger charge is -2.12. The first-order valence-electron chi connectivity index (χ1n) is 9.12. The number of halogens is 1. The van der Waals surface area contributed by atoms with Gasteiger partial charge in [0.05, 0.1) is 13.2 Å². The van der Waals surface area contributed by atoms with E-state index in [2.05, 4.69) is 15.6 Å². The molecular formula is C19H30FN3O2. The van der Waals surface area contributed by atoms with Gasteiger partial charge in [-0.15, -0.1) is 0 Å². The van der Waals surface area contributed by atoms with Crippen LogP contribution in [0.25, 0.3) is 0 Å². The summed E-state index contributed by atoms with van der Waals surface area (Å²) in [6, 6.07) is 6.76. The molecule has 1 atom stereocenters. The van der Waals surface area contributed by atoms with Crippen LogP contribution in [0.1, 0.15) is 24.8 Å². The van der Waals surface area contributed by atoms with E-state index in [1.807, 2.05) is 6.07 Å². The van der Waals surface area contributed by atoms with Crippen molar-refractivity contribution in [1.29, 1.82) is 0 Å². The van der Waals surface area contributed by atoms with E-state index in [0.717, 1.165) is 76.7 Å². The zero-order valence-corrected chi connectivity index (χ0v) is 15.1. The second-order valence-electron chi connectivity index (χ2n) is 6.32. The molecule has 0 saturated carbocycles. The highest BCUT2D eigenvalue weighted by molar-refractivity contribution is 5.79. The van der Waals surface area contributed by atoms with Crippen LogP contribution in [0.2, 0.25) is 0 Å². The molecule has 1 aliphatic heterocycles. The van der Waals surface area contributed by atoms with Crippen LogP contribution < -0.4 is 10.6 Å². The molecule has 25 heavy (non-hydrogen) atoms. The van der Waals surface area contributed by atoms with Crippen LogP contribution in [0.5, 0.6) is 0 Å². The van der Waals surface area contributed by atoms with Gasteiger partial charge in [0, 0.05) is 39.3 Å². The van der Waals surface area contributed by atoms with Crippen LogP contribution >= 0.6 is 0 Å². The summed E-state index contributed by atoms with van der Waals surface area (Å²) in [5.41, 5.74) is 1.02.